The Kier molecular flexibility index (Phi) is 4.52. The van der Waals surface area contributed by atoms with Crippen LogP contribution in [0.5, 0.6) is 5.75 Å². The molecule has 1 atom stereocenters. The lowest BCUT2D eigenvalue weighted by Gasteiger charge is -2.22. The van der Waals surface area contributed by atoms with E-state index in [4.69, 9.17) is 4.74 Å². The molecular formula is C17H22N4O4. The van der Waals surface area contributed by atoms with Crippen molar-refractivity contribution < 1.29 is 19.1 Å². The fourth-order valence-corrected chi connectivity index (χ4v) is 3.06. The summed E-state index contributed by atoms with van der Waals surface area (Å²) in [6.07, 6.45) is 1.26. The van der Waals surface area contributed by atoms with Gasteiger partial charge in [0.05, 0.1) is 18.8 Å². The fourth-order valence-electron chi connectivity index (χ4n) is 3.06. The predicted molar refractivity (Wildman–Crippen MR) is 91.6 cm³/mol. The first-order valence-corrected chi connectivity index (χ1v) is 8.36. The summed E-state index contributed by atoms with van der Waals surface area (Å²) in [4.78, 5) is 37.4. The first-order chi connectivity index (χ1) is 11.9. The molecule has 0 saturated carbocycles. The van der Waals surface area contributed by atoms with Gasteiger partial charge in [-0.3, -0.25) is 10.1 Å². The fraction of sp³-hybridized carbons (Fsp3) is 0.471. The number of amides is 5. The maximum atomic E-state index is 12.6. The molecule has 25 heavy (non-hydrogen) atoms. The van der Waals surface area contributed by atoms with E-state index in [-0.39, 0.29) is 18.5 Å². The van der Waals surface area contributed by atoms with E-state index in [1.165, 1.54) is 4.90 Å². The van der Waals surface area contributed by atoms with Crippen LogP contribution in [-0.4, -0.2) is 48.1 Å². The predicted octanol–water partition coefficient (Wildman–Crippen LogP) is 1.60. The molecule has 3 rings (SSSR count). The third kappa shape index (κ3) is 3.38. The third-order valence-electron chi connectivity index (χ3n) is 4.41. The van der Waals surface area contributed by atoms with Crippen molar-refractivity contribution in [2.24, 2.45) is 0 Å². The number of urea groups is 2. The van der Waals surface area contributed by atoms with Gasteiger partial charge in [0.2, 0.25) is 0 Å². The molecule has 1 aromatic rings. The number of carbonyl (C=O) groups excluding carboxylic acids is 3. The molecule has 1 unspecified atom stereocenters. The van der Waals surface area contributed by atoms with Crippen LogP contribution in [0.1, 0.15) is 25.3 Å². The normalized spacial score (nSPS) is 22.1. The molecule has 8 nitrogen and oxygen atoms in total. The highest BCUT2D eigenvalue weighted by atomic mass is 16.5. The van der Waals surface area contributed by atoms with E-state index in [0.29, 0.717) is 31.0 Å². The summed E-state index contributed by atoms with van der Waals surface area (Å²) in [5, 5.41) is 7.70. The molecule has 2 heterocycles. The largest absolute Gasteiger partial charge is 0.491 e. The zero-order valence-electron chi connectivity index (χ0n) is 14.3. The van der Waals surface area contributed by atoms with Gasteiger partial charge in [0.1, 0.15) is 11.3 Å². The Morgan fingerprint density at radius 2 is 2.20 bits per heavy atom. The van der Waals surface area contributed by atoms with Gasteiger partial charge >= 0.3 is 12.1 Å². The van der Waals surface area contributed by atoms with Crippen molar-refractivity contribution in [3.63, 3.8) is 0 Å². The Balaban J connectivity index is 1.69. The SMILES string of the molecule is CCCOc1cc(C)ccc1NC(=O)N1CCC2(C1)NC(=O)NC2=O. The average molecular weight is 346 g/mol. The van der Waals surface area contributed by atoms with Crippen LogP contribution in [0.3, 0.4) is 0 Å². The second kappa shape index (κ2) is 6.62. The van der Waals surface area contributed by atoms with E-state index in [1.54, 1.807) is 6.07 Å². The molecule has 3 N–H and O–H groups in total. The zero-order chi connectivity index (χ0) is 18.0. The van der Waals surface area contributed by atoms with Crippen LogP contribution in [0.4, 0.5) is 15.3 Å². The minimum Gasteiger partial charge on any atom is -0.491 e. The molecular weight excluding hydrogens is 324 g/mol. The number of hydrogen-bond acceptors (Lipinski definition) is 4. The number of aryl methyl sites for hydroxylation is 1. The van der Waals surface area contributed by atoms with Crippen molar-refractivity contribution in [3.8, 4) is 5.75 Å². The first-order valence-electron chi connectivity index (χ1n) is 8.36. The summed E-state index contributed by atoms with van der Waals surface area (Å²) in [6.45, 7) is 5.06. The molecule has 2 aliphatic rings. The van der Waals surface area contributed by atoms with E-state index in [1.807, 2.05) is 26.0 Å². The number of hydrogen-bond donors (Lipinski definition) is 3. The molecule has 2 fully saturated rings. The number of likely N-dealkylation sites (tertiary alicyclic amines) is 1. The lowest BCUT2D eigenvalue weighted by molar-refractivity contribution is -0.123. The van der Waals surface area contributed by atoms with Crippen LogP contribution in [0, 0.1) is 6.92 Å². The topological polar surface area (TPSA) is 99.8 Å². The minimum atomic E-state index is -1.01. The molecule has 2 aliphatic heterocycles. The molecule has 2 saturated heterocycles. The standard InChI is InChI=1S/C17H22N4O4/c1-3-8-25-13-9-11(2)4-5-12(13)18-16(24)21-7-6-17(10-21)14(22)19-15(23)20-17/h4-5,9H,3,6-8,10H2,1-2H3,(H,18,24)(H2,19,20,22,23). The number of anilines is 1. The summed E-state index contributed by atoms with van der Waals surface area (Å²) in [5.74, 6) is 0.242. The van der Waals surface area contributed by atoms with Crippen LogP contribution in [0.2, 0.25) is 0 Å². The highest BCUT2D eigenvalue weighted by Crippen LogP contribution is 2.28. The highest BCUT2D eigenvalue weighted by molar-refractivity contribution is 6.08. The molecule has 8 heteroatoms. The van der Waals surface area contributed by atoms with E-state index in [0.717, 1.165) is 12.0 Å². The average Bonchev–Trinajstić information content (AvgIpc) is 3.11. The van der Waals surface area contributed by atoms with Crippen molar-refractivity contribution in [1.29, 1.82) is 0 Å². The van der Waals surface area contributed by atoms with Crippen molar-refractivity contribution in [1.82, 2.24) is 15.5 Å². The number of rotatable bonds is 4. The van der Waals surface area contributed by atoms with E-state index < -0.39 is 11.6 Å². The maximum Gasteiger partial charge on any atom is 0.322 e. The number of carbonyl (C=O) groups is 3. The second-order valence-electron chi connectivity index (χ2n) is 6.44. The highest BCUT2D eigenvalue weighted by Gasteiger charge is 2.51. The Hall–Kier alpha value is -2.77. The van der Waals surface area contributed by atoms with Gasteiger partial charge in [0.15, 0.2) is 0 Å². The van der Waals surface area contributed by atoms with Crippen LogP contribution < -0.4 is 20.7 Å². The summed E-state index contributed by atoms with van der Waals surface area (Å²) >= 11 is 0. The van der Waals surface area contributed by atoms with Gasteiger partial charge in [-0.25, -0.2) is 9.59 Å². The Morgan fingerprint density at radius 1 is 1.40 bits per heavy atom. The molecule has 1 spiro atoms. The van der Waals surface area contributed by atoms with Crippen LogP contribution in [-0.2, 0) is 4.79 Å². The number of nitrogens with one attached hydrogen (secondary N) is 3. The molecule has 0 aromatic heterocycles. The Bertz CT molecular complexity index is 721. The van der Waals surface area contributed by atoms with Crippen LogP contribution in [0.25, 0.3) is 0 Å². The van der Waals surface area contributed by atoms with E-state index in [2.05, 4.69) is 16.0 Å². The molecule has 1 aromatic carbocycles. The van der Waals surface area contributed by atoms with E-state index >= 15 is 0 Å². The number of benzene rings is 1. The smallest absolute Gasteiger partial charge is 0.322 e. The van der Waals surface area contributed by atoms with E-state index in [9.17, 15) is 14.4 Å². The third-order valence-corrected chi connectivity index (χ3v) is 4.41. The summed E-state index contributed by atoms with van der Waals surface area (Å²) in [6, 6.07) is 4.73. The molecule has 5 amide bonds. The molecule has 134 valence electrons. The van der Waals surface area contributed by atoms with Gasteiger partial charge < -0.3 is 20.3 Å². The van der Waals surface area contributed by atoms with Gasteiger partial charge in [0.25, 0.3) is 5.91 Å². The van der Waals surface area contributed by atoms with Crippen molar-refractivity contribution in [3.05, 3.63) is 23.8 Å². The van der Waals surface area contributed by atoms with Gasteiger partial charge in [-0.05, 0) is 37.5 Å². The Morgan fingerprint density at radius 3 is 2.88 bits per heavy atom. The Labute approximate surface area is 145 Å². The molecule has 0 bridgehead atoms. The van der Waals surface area contributed by atoms with Gasteiger partial charge in [-0.2, -0.15) is 0 Å². The maximum absolute atomic E-state index is 12.6. The van der Waals surface area contributed by atoms with Crippen LogP contribution in [0.15, 0.2) is 18.2 Å². The zero-order valence-corrected chi connectivity index (χ0v) is 14.3. The minimum absolute atomic E-state index is 0.146. The quantitative estimate of drug-likeness (QED) is 0.721. The lowest BCUT2D eigenvalue weighted by Crippen LogP contribution is -2.50. The monoisotopic (exact) mass is 346 g/mol. The van der Waals surface area contributed by atoms with Crippen molar-refractivity contribution in [2.45, 2.75) is 32.2 Å². The molecule has 0 radical (unpaired) electrons. The molecule has 0 aliphatic carbocycles. The van der Waals surface area contributed by atoms with Gasteiger partial charge in [-0.15, -0.1) is 0 Å². The summed E-state index contributed by atoms with van der Waals surface area (Å²) in [5.41, 5.74) is 0.614. The van der Waals surface area contributed by atoms with Crippen molar-refractivity contribution >= 4 is 23.7 Å². The lowest BCUT2D eigenvalue weighted by atomic mass is 10.00. The number of imide groups is 1. The van der Waals surface area contributed by atoms with Gasteiger partial charge in [0, 0.05) is 6.54 Å². The first kappa shape index (κ1) is 17.1. The summed E-state index contributed by atoms with van der Waals surface area (Å²) < 4.78 is 5.70. The van der Waals surface area contributed by atoms with Crippen LogP contribution >= 0.6 is 0 Å². The number of nitrogens with zero attached hydrogens (tertiary/aromatic N) is 1. The summed E-state index contributed by atoms with van der Waals surface area (Å²) in [7, 11) is 0. The van der Waals surface area contributed by atoms with Crippen molar-refractivity contribution in [2.75, 3.05) is 25.0 Å². The number of ether oxygens (including phenoxy) is 1. The second-order valence-corrected chi connectivity index (χ2v) is 6.44. The van der Waals surface area contributed by atoms with Gasteiger partial charge in [-0.1, -0.05) is 13.0 Å².